The largest absolute Gasteiger partial charge is 0.310 e. The lowest BCUT2D eigenvalue weighted by molar-refractivity contribution is 0.660. The molecule has 0 saturated heterocycles. The number of hydrogen-bond acceptors (Lipinski definition) is 1. The average Bonchev–Trinajstić information content (AvgIpc) is 3.99. The summed E-state index contributed by atoms with van der Waals surface area (Å²) < 4.78 is 2.49. The Balaban J connectivity index is 0.936. The van der Waals surface area contributed by atoms with Gasteiger partial charge in [-0.05, 0) is 132 Å². The van der Waals surface area contributed by atoms with Crippen LogP contribution < -0.4 is 4.90 Å². The SMILES string of the molecule is CC1(C)c2ccccc2-c2ccc(-c3ccc(N(c4ccccc4)c4ccc(-c5ccc6c(c5)c5cccc7c8ccccc8n6c75)c5c4C4c6ccccc6C5c5ccccc54)cc3)cc21. The molecule has 10 aromatic carbocycles. The van der Waals surface area contributed by atoms with Gasteiger partial charge in [0.05, 0.1) is 22.2 Å². The van der Waals surface area contributed by atoms with Gasteiger partial charge in [0, 0.05) is 50.2 Å². The Hall–Kier alpha value is -8.20. The minimum absolute atomic E-state index is 0.0531. The Morgan fingerprint density at radius 2 is 0.925 bits per heavy atom. The number of fused-ring (bicyclic) bond motifs is 9. The van der Waals surface area contributed by atoms with Crippen LogP contribution >= 0.6 is 0 Å². The summed E-state index contributed by atoms with van der Waals surface area (Å²) >= 11 is 0. The van der Waals surface area contributed by atoms with E-state index in [4.69, 9.17) is 0 Å². The molecule has 0 N–H and O–H groups in total. The Kier molecular flexibility index (Phi) is 7.43. The summed E-state index contributed by atoms with van der Waals surface area (Å²) in [5.41, 5.74) is 26.3. The normalized spacial score (nSPS) is 16.0. The van der Waals surface area contributed by atoms with Crippen molar-refractivity contribution < 1.29 is 0 Å². The topological polar surface area (TPSA) is 7.65 Å². The van der Waals surface area contributed by atoms with Gasteiger partial charge in [-0.15, -0.1) is 0 Å². The van der Waals surface area contributed by atoms with Crippen LogP contribution in [0, 0.1) is 0 Å². The second-order valence-electron chi connectivity index (χ2n) is 19.5. The van der Waals surface area contributed by atoms with Gasteiger partial charge in [0.15, 0.2) is 0 Å². The van der Waals surface area contributed by atoms with Crippen molar-refractivity contribution in [2.24, 2.45) is 0 Å². The first-order chi connectivity index (χ1) is 33.0. The Morgan fingerprint density at radius 1 is 0.373 bits per heavy atom. The molecule has 4 aliphatic rings. The number of anilines is 3. The van der Waals surface area contributed by atoms with Gasteiger partial charge in [-0.3, -0.25) is 0 Å². The van der Waals surface area contributed by atoms with Crippen LogP contribution in [-0.2, 0) is 5.41 Å². The lowest BCUT2D eigenvalue weighted by Gasteiger charge is -2.45. The summed E-state index contributed by atoms with van der Waals surface area (Å²) in [6.45, 7) is 4.73. The molecule has 0 unspecified atom stereocenters. The third kappa shape index (κ3) is 4.94. The molecule has 4 aliphatic carbocycles. The minimum atomic E-state index is -0.0531. The average molecular weight is 853 g/mol. The second kappa shape index (κ2) is 13.4. The molecular weight excluding hydrogens is 809 g/mol. The van der Waals surface area contributed by atoms with Gasteiger partial charge in [0.2, 0.25) is 0 Å². The molecule has 0 radical (unpaired) electrons. The zero-order valence-electron chi connectivity index (χ0n) is 37.3. The van der Waals surface area contributed by atoms with E-state index in [1.54, 1.807) is 0 Å². The number of hydrogen-bond donors (Lipinski definition) is 0. The van der Waals surface area contributed by atoms with E-state index in [1.165, 1.54) is 122 Å². The zero-order chi connectivity index (χ0) is 44.1. The highest BCUT2D eigenvalue weighted by molar-refractivity contribution is 6.23. The maximum atomic E-state index is 2.52. The zero-order valence-corrected chi connectivity index (χ0v) is 37.3. The summed E-state index contributed by atoms with van der Waals surface area (Å²) in [5, 5.41) is 5.23. The first-order valence-electron chi connectivity index (χ1n) is 23.7. The molecule has 12 aromatic rings. The van der Waals surface area contributed by atoms with Crippen LogP contribution in [0.1, 0.15) is 70.2 Å². The highest BCUT2D eigenvalue weighted by Crippen LogP contribution is 2.61. The summed E-state index contributed by atoms with van der Waals surface area (Å²) in [4.78, 5) is 2.52. The fraction of sp³-hybridized carbons (Fsp3) is 0.0769. The monoisotopic (exact) mass is 852 g/mol. The highest BCUT2D eigenvalue weighted by atomic mass is 15.1. The molecule has 2 aromatic heterocycles. The van der Waals surface area contributed by atoms with Crippen LogP contribution in [0.2, 0.25) is 0 Å². The Labute approximate surface area is 390 Å². The third-order valence-corrected chi connectivity index (χ3v) is 15.9. The molecule has 2 heterocycles. The molecule has 2 heteroatoms. The summed E-state index contributed by atoms with van der Waals surface area (Å²) in [7, 11) is 0. The number of benzene rings is 10. The lowest BCUT2D eigenvalue weighted by Crippen LogP contribution is -2.30. The van der Waals surface area contributed by atoms with Crippen molar-refractivity contribution in [3.05, 3.63) is 263 Å². The van der Waals surface area contributed by atoms with Gasteiger partial charge < -0.3 is 9.30 Å². The Bertz CT molecular complexity index is 3970. The molecule has 2 bridgehead atoms. The fourth-order valence-electron chi connectivity index (χ4n) is 13.0. The molecule has 2 nitrogen and oxygen atoms in total. The standard InChI is InChI=1S/C65H44N2/c1-65(2)55-25-12-10-17-45(55)46-33-29-40(38-56(46)65)39-27-31-43(32-28-39)66(42-15-4-3-5-16-42)59-36-34-44(62-60-48-19-6-8-21-50(48)61(63(59)62)51-22-9-7-20-49(51)60)41-30-35-58-54(37-41)53-24-14-23-52-47-18-11-13-26-57(47)67(58)64(52)53/h3-38,60-61H,1-2H3. The van der Waals surface area contributed by atoms with E-state index < -0.39 is 0 Å². The van der Waals surface area contributed by atoms with E-state index in [2.05, 4.69) is 242 Å². The van der Waals surface area contributed by atoms with Gasteiger partial charge in [-0.2, -0.15) is 0 Å². The number of nitrogens with zero attached hydrogens (tertiary/aromatic N) is 2. The highest BCUT2D eigenvalue weighted by Gasteiger charge is 2.45. The van der Waals surface area contributed by atoms with Crippen molar-refractivity contribution in [2.75, 3.05) is 4.90 Å². The van der Waals surface area contributed by atoms with Gasteiger partial charge in [-0.25, -0.2) is 0 Å². The molecule has 0 saturated carbocycles. The molecule has 0 fully saturated rings. The Morgan fingerprint density at radius 3 is 1.69 bits per heavy atom. The molecule has 16 rings (SSSR count). The summed E-state index contributed by atoms with van der Waals surface area (Å²) in [6, 6.07) is 82.5. The summed E-state index contributed by atoms with van der Waals surface area (Å²) in [5.74, 6) is 0.161. The van der Waals surface area contributed by atoms with Crippen molar-refractivity contribution in [2.45, 2.75) is 31.1 Å². The maximum Gasteiger partial charge on any atom is 0.0620 e. The number of rotatable bonds is 5. The fourth-order valence-corrected chi connectivity index (χ4v) is 13.0. The van der Waals surface area contributed by atoms with Gasteiger partial charge in [0.1, 0.15) is 0 Å². The van der Waals surface area contributed by atoms with Gasteiger partial charge in [0.25, 0.3) is 0 Å². The van der Waals surface area contributed by atoms with E-state index in [9.17, 15) is 0 Å². The van der Waals surface area contributed by atoms with E-state index in [1.807, 2.05) is 0 Å². The van der Waals surface area contributed by atoms with Crippen molar-refractivity contribution in [3.8, 4) is 33.4 Å². The van der Waals surface area contributed by atoms with E-state index in [0.717, 1.165) is 11.4 Å². The molecule has 0 amide bonds. The second-order valence-corrected chi connectivity index (χ2v) is 19.5. The van der Waals surface area contributed by atoms with Crippen LogP contribution in [0.3, 0.4) is 0 Å². The predicted molar refractivity (Wildman–Crippen MR) is 279 cm³/mol. The first kappa shape index (κ1) is 37.1. The van der Waals surface area contributed by atoms with Crippen molar-refractivity contribution in [1.29, 1.82) is 0 Å². The van der Waals surface area contributed by atoms with E-state index >= 15 is 0 Å². The molecule has 0 atom stereocenters. The van der Waals surface area contributed by atoms with Crippen molar-refractivity contribution in [3.63, 3.8) is 0 Å². The molecule has 0 spiro atoms. The summed E-state index contributed by atoms with van der Waals surface area (Å²) in [6.07, 6.45) is 0. The van der Waals surface area contributed by atoms with E-state index in [-0.39, 0.29) is 17.3 Å². The van der Waals surface area contributed by atoms with Crippen molar-refractivity contribution >= 4 is 55.2 Å². The van der Waals surface area contributed by atoms with Crippen LogP contribution in [0.15, 0.2) is 218 Å². The minimum Gasteiger partial charge on any atom is -0.310 e. The van der Waals surface area contributed by atoms with Crippen LogP contribution in [-0.4, -0.2) is 4.40 Å². The number of aromatic nitrogens is 1. The van der Waals surface area contributed by atoms with Gasteiger partial charge in [-0.1, -0.05) is 178 Å². The molecular formula is C65H44N2. The van der Waals surface area contributed by atoms with E-state index in [0.29, 0.717) is 0 Å². The van der Waals surface area contributed by atoms with Crippen LogP contribution in [0.25, 0.3) is 71.5 Å². The lowest BCUT2D eigenvalue weighted by atomic mass is 9.59. The van der Waals surface area contributed by atoms with Crippen LogP contribution in [0.4, 0.5) is 17.1 Å². The third-order valence-electron chi connectivity index (χ3n) is 15.9. The van der Waals surface area contributed by atoms with Crippen molar-refractivity contribution in [1.82, 2.24) is 4.40 Å². The van der Waals surface area contributed by atoms with Gasteiger partial charge >= 0.3 is 0 Å². The van der Waals surface area contributed by atoms with Crippen LogP contribution in [0.5, 0.6) is 0 Å². The quantitative estimate of drug-likeness (QED) is 0.167. The smallest absolute Gasteiger partial charge is 0.0620 e. The molecule has 67 heavy (non-hydrogen) atoms. The molecule has 0 aliphatic heterocycles. The number of para-hydroxylation sites is 3. The maximum absolute atomic E-state index is 2.52. The first-order valence-corrected chi connectivity index (χ1v) is 23.7. The predicted octanol–water partition coefficient (Wildman–Crippen LogP) is 16.9. The molecule has 314 valence electrons.